The van der Waals surface area contributed by atoms with Gasteiger partial charge in [0.05, 0.1) is 39.7 Å². The quantitative estimate of drug-likeness (QED) is 0.564. The molecule has 10 heteroatoms. The predicted molar refractivity (Wildman–Crippen MR) is 122 cm³/mol. The largest absolute Gasteiger partial charge is 0.495 e. The van der Waals surface area contributed by atoms with Crippen molar-refractivity contribution in [2.24, 2.45) is 0 Å². The highest BCUT2D eigenvalue weighted by Gasteiger charge is 2.36. The van der Waals surface area contributed by atoms with Crippen molar-refractivity contribution in [2.75, 3.05) is 39.1 Å². The second-order valence-corrected chi connectivity index (χ2v) is 7.17. The summed E-state index contributed by atoms with van der Waals surface area (Å²) in [6.07, 6.45) is 1.43. The van der Waals surface area contributed by atoms with Gasteiger partial charge in [0, 0.05) is 11.3 Å². The number of fused-ring (bicyclic) bond motifs is 1. The van der Waals surface area contributed by atoms with Gasteiger partial charge in [-0.05, 0) is 31.2 Å². The number of anilines is 2. The standard InChI is InChI=1S/C23H25N5O5/c1-13-18(22(29)27-15-8-6-7-9-16(15)30-2)19(28-23(26-13)24-12-25-28)14-10-11-17(31-3)21(33-5)20(14)32-4/h6-12,19H,1-5H3,(H,27,29)(H,24,25,26)/t19-/m1/s1. The van der Waals surface area contributed by atoms with Crippen LogP contribution in [-0.4, -0.2) is 49.1 Å². The van der Waals surface area contributed by atoms with E-state index in [0.29, 0.717) is 51.5 Å². The molecule has 0 spiro atoms. The molecule has 0 bridgehead atoms. The lowest BCUT2D eigenvalue weighted by molar-refractivity contribution is -0.113. The van der Waals surface area contributed by atoms with Crippen LogP contribution in [-0.2, 0) is 4.79 Å². The average Bonchev–Trinajstić information content (AvgIpc) is 3.30. The second kappa shape index (κ2) is 9.11. The Bertz CT molecular complexity index is 1220. The number of methoxy groups -OCH3 is 4. The maximum Gasteiger partial charge on any atom is 0.255 e. The summed E-state index contributed by atoms with van der Waals surface area (Å²) in [5, 5.41) is 10.5. The number of carbonyl (C=O) groups excluding carboxylic acids is 1. The molecule has 2 aromatic carbocycles. The normalized spacial score (nSPS) is 14.8. The molecule has 10 nitrogen and oxygen atoms in total. The number of allylic oxidation sites excluding steroid dienone is 1. The van der Waals surface area contributed by atoms with Crippen molar-refractivity contribution in [3.05, 3.63) is 59.6 Å². The summed E-state index contributed by atoms with van der Waals surface area (Å²) in [4.78, 5) is 17.9. The van der Waals surface area contributed by atoms with Gasteiger partial charge in [0.2, 0.25) is 11.7 Å². The number of carbonyl (C=O) groups is 1. The average molecular weight is 451 g/mol. The Hall–Kier alpha value is -4.21. The van der Waals surface area contributed by atoms with E-state index in [1.54, 1.807) is 37.1 Å². The van der Waals surface area contributed by atoms with Crippen LogP contribution in [0.2, 0.25) is 0 Å². The maximum absolute atomic E-state index is 13.6. The lowest BCUT2D eigenvalue weighted by atomic mass is 9.93. The highest BCUT2D eigenvalue weighted by molar-refractivity contribution is 6.06. The first kappa shape index (κ1) is 22.0. The van der Waals surface area contributed by atoms with Crippen LogP contribution in [0.3, 0.4) is 0 Å². The Morgan fingerprint density at radius 3 is 2.39 bits per heavy atom. The molecule has 172 valence electrons. The third kappa shape index (κ3) is 3.79. The van der Waals surface area contributed by atoms with E-state index in [2.05, 4.69) is 20.7 Å². The highest BCUT2D eigenvalue weighted by Crippen LogP contribution is 2.46. The van der Waals surface area contributed by atoms with Crippen molar-refractivity contribution in [2.45, 2.75) is 13.0 Å². The summed E-state index contributed by atoms with van der Waals surface area (Å²) in [7, 11) is 6.17. The first-order valence-electron chi connectivity index (χ1n) is 10.1. The zero-order valence-corrected chi connectivity index (χ0v) is 19.0. The minimum atomic E-state index is -0.645. The molecule has 0 saturated heterocycles. The van der Waals surface area contributed by atoms with Crippen LogP contribution in [0.1, 0.15) is 18.5 Å². The number of aromatic nitrogens is 3. The minimum absolute atomic E-state index is 0.326. The maximum atomic E-state index is 13.6. The van der Waals surface area contributed by atoms with Crippen molar-refractivity contribution in [3.8, 4) is 23.0 Å². The Morgan fingerprint density at radius 1 is 0.970 bits per heavy atom. The fourth-order valence-corrected chi connectivity index (χ4v) is 3.95. The SMILES string of the molecule is COc1ccccc1NC(=O)C1=C(C)Nc2ncnn2[C@@H]1c1ccc(OC)c(OC)c1OC. The Kier molecular flexibility index (Phi) is 6.07. The first-order valence-corrected chi connectivity index (χ1v) is 10.1. The molecule has 0 fully saturated rings. The number of hydrogen-bond acceptors (Lipinski definition) is 8. The van der Waals surface area contributed by atoms with Crippen molar-refractivity contribution in [3.63, 3.8) is 0 Å². The molecule has 0 unspecified atom stereocenters. The minimum Gasteiger partial charge on any atom is -0.495 e. The Balaban J connectivity index is 1.86. The third-order valence-corrected chi connectivity index (χ3v) is 5.42. The van der Waals surface area contributed by atoms with E-state index in [1.807, 2.05) is 25.1 Å². The molecular weight excluding hydrogens is 426 g/mol. The molecule has 0 saturated carbocycles. The summed E-state index contributed by atoms with van der Waals surface area (Å²) >= 11 is 0. The number of para-hydroxylation sites is 2. The monoisotopic (exact) mass is 451 g/mol. The third-order valence-electron chi connectivity index (χ3n) is 5.42. The van der Waals surface area contributed by atoms with Crippen molar-refractivity contribution in [1.29, 1.82) is 0 Å². The molecule has 4 rings (SSSR count). The van der Waals surface area contributed by atoms with Gasteiger partial charge in [0.25, 0.3) is 5.91 Å². The fraction of sp³-hybridized carbons (Fsp3) is 0.261. The molecule has 1 amide bonds. The van der Waals surface area contributed by atoms with Gasteiger partial charge in [-0.15, -0.1) is 0 Å². The topological polar surface area (TPSA) is 109 Å². The molecule has 2 N–H and O–H groups in total. The Labute approximate surface area is 191 Å². The van der Waals surface area contributed by atoms with Gasteiger partial charge in [-0.1, -0.05) is 12.1 Å². The van der Waals surface area contributed by atoms with E-state index in [0.717, 1.165) is 0 Å². The highest BCUT2D eigenvalue weighted by atomic mass is 16.5. The fourth-order valence-electron chi connectivity index (χ4n) is 3.95. The lowest BCUT2D eigenvalue weighted by Crippen LogP contribution is -2.32. The van der Waals surface area contributed by atoms with E-state index < -0.39 is 6.04 Å². The Morgan fingerprint density at radius 2 is 1.70 bits per heavy atom. The number of nitrogens with one attached hydrogen (secondary N) is 2. The van der Waals surface area contributed by atoms with Crippen molar-refractivity contribution >= 4 is 17.5 Å². The summed E-state index contributed by atoms with van der Waals surface area (Å²) in [5.41, 5.74) is 2.27. The number of nitrogens with zero attached hydrogens (tertiary/aromatic N) is 3. The van der Waals surface area contributed by atoms with Gasteiger partial charge in [-0.3, -0.25) is 4.79 Å². The van der Waals surface area contributed by atoms with Gasteiger partial charge >= 0.3 is 0 Å². The summed E-state index contributed by atoms with van der Waals surface area (Å²) < 4.78 is 23.7. The van der Waals surface area contributed by atoms with Crippen molar-refractivity contribution in [1.82, 2.24) is 14.8 Å². The molecule has 1 atom stereocenters. The van der Waals surface area contributed by atoms with Crippen LogP contribution < -0.4 is 29.6 Å². The number of ether oxygens (including phenoxy) is 4. The number of amides is 1. The van der Waals surface area contributed by atoms with E-state index in [4.69, 9.17) is 18.9 Å². The first-order chi connectivity index (χ1) is 16.0. The molecule has 1 aromatic heterocycles. The van der Waals surface area contributed by atoms with E-state index in [9.17, 15) is 4.79 Å². The molecular formula is C23H25N5O5. The van der Waals surface area contributed by atoms with E-state index in [-0.39, 0.29) is 5.91 Å². The summed E-state index contributed by atoms with van der Waals surface area (Å²) in [5.74, 6) is 2.08. The number of rotatable bonds is 7. The van der Waals surface area contributed by atoms with Crippen LogP contribution in [0.4, 0.5) is 11.6 Å². The molecule has 1 aliphatic heterocycles. The van der Waals surface area contributed by atoms with E-state index >= 15 is 0 Å². The summed E-state index contributed by atoms with van der Waals surface area (Å²) in [6.45, 7) is 1.82. The van der Waals surface area contributed by atoms with Gasteiger partial charge in [0.1, 0.15) is 18.1 Å². The number of hydrogen-bond donors (Lipinski definition) is 2. The molecule has 2 heterocycles. The lowest BCUT2D eigenvalue weighted by Gasteiger charge is -2.30. The van der Waals surface area contributed by atoms with Crippen molar-refractivity contribution < 1.29 is 23.7 Å². The molecule has 3 aromatic rings. The zero-order chi connectivity index (χ0) is 23.5. The molecule has 0 aliphatic carbocycles. The smallest absolute Gasteiger partial charge is 0.255 e. The van der Waals surface area contributed by atoms with Gasteiger partial charge in [-0.25, -0.2) is 4.68 Å². The van der Waals surface area contributed by atoms with Crippen LogP contribution in [0.5, 0.6) is 23.0 Å². The molecule has 33 heavy (non-hydrogen) atoms. The van der Waals surface area contributed by atoms with E-state index in [1.165, 1.54) is 20.5 Å². The van der Waals surface area contributed by atoms with Gasteiger partial charge in [-0.2, -0.15) is 10.1 Å². The van der Waals surface area contributed by atoms with Crippen LogP contribution in [0.25, 0.3) is 0 Å². The van der Waals surface area contributed by atoms with Crippen LogP contribution in [0, 0.1) is 0 Å². The summed E-state index contributed by atoms with van der Waals surface area (Å²) in [6, 6.07) is 10.2. The molecule has 1 aliphatic rings. The van der Waals surface area contributed by atoms with Gasteiger partial charge < -0.3 is 29.6 Å². The number of benzene rings is 2. The zero-order valence-electron chi connectivity index (χ0n) is 19.0. The molecule has 0 radical (unpaired) electrons. The predicted octanol–water partition coefficient (Wildman–Crippen LogP) is 3.24. The van der Waals surface area contributed by atoms with Gasteiger partial charge in [0.15, 0.2) is 11.5 Å². The van der Waals surface area contributed by atoms with Crippen LogP contribution >= 0.6 is 0 Å². The van der Waals surface area contributed by atoms with Crippen LogP contribution in [0.15, 0.2) is 54.0 Å². The second-order valence-electron chi connectivity index (χ2n) is 7.17.